The van der Waals surface area contributed by atoms with Gasteiger partial charge in [0.05, 0.1) is 11.1 Å². The lowest BCUT2D eigenvalue weighted by Gasteiger charge is -2.29. The van der Waals surface area contributed by atoms with Crippen molar-refractivity contribution in [1.29, 1.82) is 0 Å². The van der Waals surface area contributed by atoms with Crippen LogP contribution in [0.1, 0.15) is 37.7 Å². The zero-order valence-electron chi connectivity index (χ0n) is 11.2. The monoisotopic (exact) mass is 285 g/mol. The van der Waals surface area contributed by atoms with E-state index in [-0.39, 0.29) is 23.4 Å². The van der Waals surface area contributed by atoms with Crippen molar-refractivity contribution in [3.05, 3.63) is 34.6 Å². The molecular weight excluding hydrogens is 265 g/mol. The minimum atomic E-state index is -0.601. The maximum absolute atomic E-state index is 14.1. The predicted molar refractivity (Wildman–Crippen MR) is 75.7 cm³/mol. The number of halogens is 2. The topological polar surface area (TPSA) is 46.2 Å². The SMILES string of the molecule is CC1CCCC1C(O)C(CN)c1cccc(Cl)c1F. The van der Waals surface area contributed by atoms with Crippen LogP contribution >= 0.6 is 11.6 Å². The Morgan fingerprint density at radius 1 is 1.47 bits per heavy atom. The average Bonchev–Trinajstić information content (AvgIpc) is 2.81. The van der Waals surface area contributed by atoms with Crippen LogP contribution in [0.25, 0.3) is 0 Å². The van der Waals surface area contributed by atoms with Gasteiger partial charge >= 0.3 is 0 Å². The van der Waals surface area contributed by atoms with Crippen molar-refractivity contribution in [3.63, 3.8) is 0 Å². The number of aliphatic hydroxyl groups excluding tert-OH is 1. The molecule has 0 aromatic heterocycles. The van der Waals surface area contributed by atoms with E-state index in [4.69, 9.17) is 17.3 Å². The lowest BCUT2D eigenvalue weighted by Crippen LogP contribution is -2.34. The fraction of sp³-hybridized carbons (Fsp3) is 0.600. The molecule has 19 heavy (non-hydrogen) atoms. The highest BCUT2D eigenvalue weighted by Gasteiger charge is 2.35. The fourth-order valence-electron chi connectivity index (χ4n) is 3.24. The van der Waals surface area contributed by atoms with Crippen LogP contribution in [0.5, 0.6) is 0 Å². The number of nitrogens with two attached hydrogens (primary N) is 1. The van der Waals surface area contributed by atoms with Crippen molar-refractivity contribution in [1.82, 2.24) is 0 Å². The quantitative estimate of drug-likeness (QED) is 0.891. The molecule has 1 fully saturated rings. The summed E-state index contributed by atoms with van der Waals surface area (Å²) in [5, 5.41) is 10.6. The molecular formula is C15H21ClFNO. The zero-order valence-corrected chi connectivity index (χ0v) is 11.9. The average molecular weight is 286 g/mol. The number of hydrogen-bond acceptors (Lipinski definition) is 2. The number of rotatable bonds is 4. The standard InChI is InChI=1S/C15H21ClFNO/c1-9-4-2-5-10(9)15(19)12(8-18)11-6-3-7-13(16)14(11)17/h3,6-7,9-10,12,15,19H,2,4-5,8,18H2,1H3. The summed E-state index contributed by atoms with van der Waals surface area (Å²) in [5.41, 5.74) is 6.20. The molecule has 106 valence electrons. The van der Waals surface area contributed by atoms with Gasteiger partial charge in [-0.1, -0.05) is 43.5 Å². The van der Waals surface area contributed by atoms with Gasteiger partial charge < -0.3 is 10.8 Å². The number of aliphatic hydroxyl groups is 1. The maximum Gasteiger partial charge on any atom is 0.145 e. The molecule has 1 saturated carbocycles. The van der Waals surface area contributed by atoms with E-state index < -0.39 is 11.9 Å². The maximum atomic E-state index is 14.1. The molecule has 3 N–H and O–H groups in total. The lowest BCUT2D eigenvalue weighted by molar-refractivity contribution is 0.0654. The van der Waals surface area contributed by atoms with Crippen LogP contribution in [0.4, 0.5) is 4.39 Å². The molecule has 2 rings (SSSR count). The summed E-state index contributed by atoms with van der Waals surface area (Å²) in [4.78, 5) is 0. The summed E-state index contributed by atoms with van der Waals surface area (Å²) in [6.45, 7) is 2.37. The highest BCUT2D eigenvalue weighted by molar-refractivity contribution is 6.30. The van der Waals surface area contributed by atoms with Gasteiger partial charge in [0.1, 0.15) is 5.82 Å². The first-order valence-corrected chi connectivity index (χ1v) is 7.26. The van der Waals surface area contributed by atoms with E-state index in [0.717, 1.165) is 19.3 Å². The Bertz CT molecular complexity index is 440. The van der Waals surface area contributed by atoms with Crippen LogP contribution in [0.3, 0.4) is 0 Å². The molecule has 1 aliphatic carbocycles. The first kappa shape index (κ1) is 14.8. The highest BCUT2D eigenvalue weighted by Crippen LogP contribution is 2.39. The molecule has 4 atom stereocenters. The van der Waals surface area contributed by atoms with Gasteiger partial charge in [-0.05, 0) is 29.9 Å². The first-order chi connectivity index (χ1) is 9.06. The van der Waals surface area contributed by atoms with Crippen molar-refractivity contribution in [2.24, 2.45) is 17.6 Å². The van der Waals surface area contributed by atoms with Crippen molar-refractivity contribution in [2.45, 2.75) is 38.2 Å². The summed E-state index contributed by atoms with van der Waals surface area (Å²) in [5.74, 6) is -0.174. The largest absolute Gasteiger partial charge is 0.392 e. The Morgan fingerprint density at radius 2 is 2.21 bits per heavy atom. The van der Waals surface area contributed by atoms with Crippen LogP contribution < -0.4 is 5.73 Å². The Morgan fingerprint density at radius 3 is 2.79 bits per heavy atom. The molecule has 2 nitrogen and oxygen atoms in total. The number of benzene rings is 1. The third-order valence-corrected chi connectivity index (χ3v) is 4.71. The van der Waals surface area contributed by atoms with Gasteiger partial charge in [0, 0.05) is 12.5 Å². The van der Waals surface area contributed by atoms with Gasteiger partial charge in [0.2, 0.25) is 0 Å². The van der Waals surface area contributed by atoms with Gasteiger partial charge in [-0.2, -0.15) is 0 Å². The van der Waals surface area contributed by atoms with Crippen LogP contribution in [0.15, 0.2) is 18.2 Å². The Labute approximate surface area is 118 Å². The van der Waals surface area contributed by atoms with Gasteiger partial charge in [0.25, 0.3) is 0 Å². The van der Waals surface area contributed by atoms with Gasteiger partial charge in [-0.3, -0.25) is 0 Å². The minimum Gasteiger partial charge on any atom is -0.392 e. The van der Waals surface area contributed by atoms with E-state index in [1.807, 2.05) is 0 Å². The second kappa shape index (κ2) is 6.21. The van der Waals surface area contributed by atoms with Gasteiger partial charge in [0.15, 0.2) is 0 Å². The second-order valence-corrected chi connectivity index (χ2v) is 5.96. The molecule has 1 aromatic rings. The van der Waals surface area contributed by atoms with Gasteiger partial charge in [-0.25, -0.2) is 4.39 Å². The van der Waals surface area contributed by atoms with E-state index in [9.17, 15) is 9.50 Å². The fourth-order valence-corrected chi connectivity index (χ4v) is 3.42. The molecule has 0 heterocycles. The summed E-state index contributed by atoms with van der Waals surface area (Å²) in [6, 6.07) is 4.88. The Kier molecular flexibility index (Phi) is 4.82. The highest BCUT2D eigenvalue weighted by atomic mass is 35.5. The molecule has 0 aliphatic heterocycles. The van der Waals surface area contributed by atoms with Crippen molar-refractivity contribution in [2.75, 3.05) is 6.54 Å². The number of hydrogen-bond donors (Lipinski definition) is 2. The van der Waals surface area contributed by atoms with Crippen molar-refractivity contribution < 1.29 is 9.50 Å². The lowest BCUT2D eigenvalue weighted by atomic mass is 9.81. The van der Waals surface area contributed by atoms with E-state index in [1.165, 1.54) is 6.07 Å². The first-order valence-electron chi connectivity index (χ1n) is 6.88. The molecule has 0 bridgehead atoms. The molecule has 0 saturated heterocycles. The molecule has 4 heteroatoms. The summed E-state index contributed by atoms with van der Waals surface area (Å²) in [6.07, 6.45) is 2.63. The molecule has 1 aliphatic rings. The van der Waals surface area contributed by atoms with E-state index in [2.05, 4.69) is 6.92 Å². The van der Waals surface area contributed by atoms with E-state index >= 15 is 0 Å². The van der Waals surface area contributed by atoms with Crippen molar-refractivity contribution >= 4 is 11.6 Å². The summed E-state index contributed by atoms with van der Waals surface area (Å²) >= 11 is 5.81. The van der Waals surface area contributed by atoms with E-state index in [0.29, 0.717) is 11.5 Å². The normalized spacial score (nSPS) is 26.4. The summed E-state index contributed by atoms with van der Waals surface area (Å²) in [7, 11) is 0. The molecule has 4 unspecified atom stereocenters. The third-order valence-electron chi connectivity index (χ3n) is 4.41. The summed E-state index contributed by atoms with van der Waals surface area (Å²) < 4.78 is 14.1. The smallest absolute Gasteiger partial charge is 0.145 e. The molecule has 0 radical (unpaired) electrons. The van der Waals surface area contributed by atoms with Crippen LogP contribution in [0, 0.1) is 17.7 Å². The van der Waals surface area contributed by atoms with Gasteiger partial charge in [-0.15, -0.1) is 0 Å². The molecule has 0 spiro atoms. The molecule has 0 amide bonds. The van der Waals surface area contributed by atoms with Crippen LogP contribution in [-0.4, -0.2) is 17.8 Å². The second-order valence-electron chi connectivity index (χ2n) is 5.55. The Balaban J connectivity index is 2.26. The predicted octanol–water partition coefficient (Wildman–Crippen LogP) is 3.32. The minimum absolute atomic E-state index is 0.0858. The Hall–Kier alpha value is -0.640. The molecule has 1 aromatic carbocycles. The third kappa shape index (κ3) is 2.93. The zero-order chi connectivity index (χ0) is 14.0. The van der Waals surface area contributed by atoms with Crippen LogP contribution in [0.2, 0.25) is 5.02 Å². The van der Waals surface area contributed by atoms with Crippen molar-refractivity contribution in [3.8, 4) is 0 Å². The van der Waals surface area contributed by atoms with Crippen LogP contribution in [-0.2, 0) is 0 Å². The van der Waals surface area contributed by atoms with E-state index in [1.54, 1.807) is 12.1 Å².